The minimum Gasteiger partial charge on any atom is -0.324 e. The lowest BCUT2D eigenvalue weighted by Gasteiger charge is -2.39. The van der Waals surface area contributed by atoms with Crippen LogP contribution in [0.15, 0.2) is 59.5 Å². The number of hydrogen-bond donors (Lipinski definition) is 1. The number of anilines is 1. The number of likely N-dealkylation sites (tertiary alicyclic amines) is 1. The van der Waals surface area contributed by atoms with Gasteiger partial charge in [-0.2, -0.15) is 5.10 Å². The molecular weight excluding hydrogens is 412 g/mol. The normalized spacial score (nSPS) is 19.2. The van der Waals surface area contributed by atoms with E-state index in [0.29, 0.717) is 11.4 Å². The molecule has 0 aliphatic carbocycles. The number of hydrogen-bond acceptors (Lipinski definition) is 4. The number of aryl methyl sites for hydroxylation is 1. The van der Waals surface area contributed by atoms with E-state index in [9.17, 15) is 9.59 Å². The minimum atomic E-state index is -0.265. The summed E-state index contributed by atoms with van der Waals surface area (Å²) in [6.45, 7) is 9.23. The molecule has 4 rings (SSSR count). The van der Waals surface area contributed by atoms with Crippen LogP contribution in [0.2, 0.25) is 0 Å². The molecule has 2 atom stereocenters. The molecule has 6 heteroatoms. The van der Waals surface area contributed by atoms with Crippen molar-refractivity contribution in [3.63, 3.8) is 0 Å². The van der Waals surface area contributed by atoms with Crippen LogP contribution in [0.4, 0.5) is 5.69 Å². The van der Waals surface area contributed by atoms with Gasteiger partial charge in [-0.15, -0.1) is 0 Å². The topological polar surface area (TPSA) is 67.2 Å². The number of carbonyl (C=O) groups excluding carboxylic acids is 1. The highest BCUT2D eigenvalue weighted by Gasteiger charge is 2.26. The monoisotopic (exact) mass is 446 g/mol. The van der Waals surface area contributed by atoms with Crippen LogP contribution in [0.25, 0.3) is 10.8 Å². The molecule has 0 bridgehead atoms. The Hall–Kier alpha value is -2.99. The molecule has 3 aromatic rings. The Labute approximate surface area is 195 Å². The summed E-state index contributed by atoms with van der Waals surface area (Å²) < 4.78 is 1.21. The molecule has 1 aliphatic rings. The minimum absolute atomic E-state index is 0.113. The van der Waals surface area contributed by atoms with Gasteiger partial charge in [-0.3, -0.25) is 9.59 Å². The largest absolute Gasteiger partial charge is 0.324 e. The molecule has 0 saturated carbocycles. The summed E-state index contributed by atoms with van der Waals surface area (Å²) in [6, 6.07) is 15.9. The zero-order valence-corrected chi connectivity index (χ0v) is 19.8. The Morgan fingerprint density at radius 2 is 1.91 bits per heavy atom. The fourth-order valence-corrected chi connectivity index (χ4v) is 4.81. The Balaban J connectivity index is 1.29. The first-order valence-electron chi connectivity index (χ1n) is 12.0. The van der Waals surface area contributed by atoms with Crippen molar-refractivity contribution in [3.05, 3.63) is 70.6 Å². The Bertz CT molecular complexity index is 1150. The maximum absolute atomic E-state index is 12.6. The van der Waals surface area contributed by atoms with E-state index < -0.39 is 0 Å². The molecule has 1 aliphatic heterocycles. The fourth-order valence-electron chi connectivity index (χ4n) is 4.81. The molecule has 1 amide bonds. The van der Waals surface area contributed by atoms with E-state index in [1.165, 1.54) is 36.2 Å². The second-order valence-corrected chi connectivity index (χ2v) is 9.59. The van der Waals surface area contributed by atoms with Gasteiger partial charge in [0, 0.05) is 23.7 Å². The van der Waals surface area contributed by atoms with Crippen molar-refractivity contribution in [2.45, 2.75) is 52.6 Å². The molecule has 1 fully saturated rings. The lowest BCUT2D eigenvalue weighted by molar-refractivity contribution is -0.117. The van der Waals surface area contributed by atoms with Gasteiger partial charge in [-0.1, -0.05) is 37.3 Å². The number of rotatable bonds is 7. The van der Waals surface area contributed by atoms with Crippen molar-refractivity contribution >= 4 is 22.4 Å². The van der Waals surface area contributed by atoms with Gasteiger partial charge in [0.05, 0.1) is 11.6 Å². The lowest BCUT2D eigenvalue weighted by atomic mass is 9.82. The molecule has 0 radical (unpaired) electrons. The van der Waals surface area contributed by atoms with Crippen LogP contribution in [-0.2, 0) is 17.8 Å². The summed E-state index contributed by atoms with van der Waals surface area (Å²) in [5, 5.41) is 8.34. The van der Waals surface area contributed by atoms with E-state index in [2.05, 4.69) is 48.2 Å². The molecule has 1 saturated heterocycles. The van der Waals surface area contributed by atoms with Crippen LogP contribution >= 0.6 is 0 Å². The highest BCUT2D eigenvalue weighted by atomic mass is 16.2. The van der Waals surface area contributed by atoms with Gasteiger partial charge in [0.25, 0.3) is 5.56 Å². The van der Waals surface area contributed by atoms with E-state index in [0.717, 1.165) is 29.3 Å². The van der Waals surface area contributed by atoms with Crippen LogP contribution in [0.1, 0.15) is 39.2 Å². The summed E-state index contributed by atoms with van der Waals surface area (Å²) in [4.78, 5) is 27.6. The van der Waals surface area contributed by atoms with E-state index in [1.807, 2.05) is 30.3 Å². The van der Waals surface area contributed by atoms with Crippen LogP contribution in [-0.4, -0.2) is 39.7 Å². The molecule has 0 spiro atoms. The van der Waals surface area contributed by atoms with Crippen LogP contribution < -0.4 is 10.9 Å². The predicted octanol–water partition coefficient (Wildman–Crippen LogP) is 4.33. The van der Waals surface area contributed by atoms with E-state index >= 15 is 0 Å². The number of fused-ring (bicyclic) bond motifs is 1. The van der Waals surface area contributed by atoms with Gasteiger partial charge in [-0.25, -0.2) is 4.68 Å². The number of carbonyl (C=O) groups is 1. The lowest BCUT2D eigenvalue weighted by Crippen LogP contribution is -2.43. The van der Waals surface area contributed by atoms with Crippen molar-refractivity contribution < 1.29 is 4.79 Å². The second kappa shape index (κ2) is 10.3. The average molecular weight is 447 g/mol. The maximum Gasteiger partial charge on any atom is 0.275 e. The van der Waals surface area contributed by atoms with Crippen LogP contribution in [0.3, 0.4) is 0 Å². The SMILES string of the molecule is CC(C)N1CC[C@@H](CCc2ccc(NC(=O)Cn3ncc4ccccc4c3=O)cc2)[C@@H](C)C1. The summed E-state index contributed by atoms with van der Waals surface area (Å²) in [6.07, 6.45) is 5.15. The molecule has 174 valence electrons. The second-order valence-electron chi connectivity index (χ2n) is 9.59. The third kappa shape index (κ3) is 5.69. The quantitative estimate of drug-likeness (QED) is 0.586. The standard InChI is InChI=1S/C27H34N4O2/c1-19(2)30-15-14-22(20(3)17-30)11-8-21-9-12-24(13-10-21)29-26(32)18-31-27(33)25-7-5-4-6-23(25)16-28-31/h4-7,9-10,12-13,16,19-20,22H,8,11,14-15,17-18H2,1-3H3,(H,29,32)/t20-,22+/m0/s1. The summed E-state index contributed by atoms with van der Waals surface area (Å²) in [5.41, 5.74) is 1.77. The Morgan fingerprint density at radius 1 is 1.15 bits per heavy atom. The maximum atomic E-state index is 12.6. The molecule has 1 N–H and O–H groups in total. The van der Waals surface area contributed by atoms with Crippen molar-refractivity contribution in [2.75, 3.05) is 18.4 Å². The van der Waals surface area contributed by atoms with Crippen LogP contribution in [0.5, 0.6) is 0 Å². The molecule has 2 aromatic carbocycles. The van der Waals surface area contributed by atoms with Gasteiger partial charge in [0.1, 0.15) is 6.54 Å². The third-order valence-corrected chi connectivity index (χ3v) is 6.94. The molecule has 0 unspecified atom stereocenters. The third-order valence-electron chi connectivity index (χ3n) is 6.94. The van der Waals surface area contributed by atoms with Gasteiger partial charge in [0.15, 0.2) is 0 Å². The number of nitrogens with zero attached hydrogens (tertiary/aromatic N) is 3. The summed E-state index contributed by atoms with van der Waals surface area (Å²) in [5.74, 6) is 1.23. The van der Waals surface area contributed by atoms with E-state index in [-0.39, 0.29) is 18.0 Å². The van der Waals surface area contributed by atoms with Crippen molar-refractivity contribution in [1.82, 2.24) is 14.7 Å². The zero-order valence-electron chi connectivity index (χ0n) is 19.8. The van der Waals surface area contributed by atoms with Gasteiger partial charge in [-0.05, 0) is 75.3 Å². The summed E-state index contributed by atoms with van der Waals surface area (Å²) >= 11 is 0. The van der Waals surface area contributed by atoms with Crippen LogP contribution in [0, 0.1) is 11.8 Å². The number of benzene rings is 2. The van der Waals surface area contributed by atoms with E-state index in [1.54, 1.807) is 12.3 Å². The average Bonchev–Trinajstić information content (AvgIpc) is 2.81. The molecule has 6 nitrogen and oxygen atoms in total. The first-order valence-corrected chi connectivity index (χ1v) is 12.0. The number of aromatic nitrogens is 2. The number of piperidine rings is 1. The zero-order chi connectivity index (χ0) is 23.4. The fraction of sp³-hybridized carbons (Fsp3) is 0.444. The van der Waals surface area contributed by atoms with Crippen molar-refractivity contribution in [3.8, 4) is 0 Å². The predicted molar refractivity (Wildman–Crippen MR) is 133 cm³/mol. The van der Waals surface area contributed by atoms with Gasteiger partial charge < -0.3 is 10.2 Å². The number of nitrogens with one attached hydrogen (secondary N) is 1. The smallest absolute Gasteiger partial charge is 0.275 e. The highest BCUT2D eigenvalue weighted by Crippen LogP contribution is 2.28. The Kier molecular flexibility index (Phi) is 7.23. The molecular formula is C27H34N4O2. The van der Waals surface area contributed by atoms with Crippen molar-refractivity contribution in [1.29, 1.82) is 0 Å². The highest BCUT2D eigenvalue weighted by molar-refractivity contribution is 5.90. The number of amides is 1. The first-order chi connectivity index (χ1) is 15.9. The van der Waals surface area contributed by atoms with E-state index in [4.69, 9.17) is 0 Å². The Morgan fingerprint density at radius 3 is 2.64 bits per heavy atom. The first kappa shape index (κ1) is 23.2. The molecule has 33 heavy (non-hydrogen) atoms. The summed E-state index contributed by atoms with van der Waals surface area (Å²) in [7, 11) is 0. The van der Waals surface area contributed by atoms with Crippen molar-refractivity contribution in [2.24, 2.45) is 11.8 Å². The van der Waals surface area contributed by atoms with Gasteiger partial charge in [0.2, 0.25) is 5.91 Å². The molecule has 2 heterocycles. The van der Waals surface area contributed by atoms with Gasteiger partial charge >= 0.3 is 0 Å². The molecule has 1 aromatic heterocycles.